The minimum atomic E-state index is -1.29. The van der Waals surface area contributed by atoms with Crippen LogP contribution in [0, 0.1) is 0 Å². The van der Waals surface area contributed by atoms with Crippen LogP contribution in [0.5, 0.6) is 0 Å². The van der Waals surface area contributed by atoms with Gasteiger partial charge in [-0.25, -0.2) is 0 Å². The van der Waals surface area contributed by atoms with Crippen LogP contribution in [0.2, 0.25) is 12.1 Å². The molecule has 0 nitrogen and oxygen atoms in total. The Morgan fingerprint density at radius 1 is 1.00 bits per heavy atom. The number of hydrogen-bond acceptors (Lipinski definition) is 0. The lowest BCUT2D eigenvalue weighted by molar-refractivity contribution is 1.52. The number of allylic oxidation sites excluding steroid dienone is 4. The van der Waals surface area contributed by atoms with Crippen molar-refractivity contribution < 1.29 is 0 Å². The third-order valence-corrected chi connectivity index (χ3v) is 6.86. The van der Waals surface area contributed by atoms with E-state index in [-0.39, 0.29) is 0 Å². The monoisotopic (exact) mass is 296 g/mol. The molecule has 0 rings (SSSR count). The third kappa shape index (κ3) is 7.03. The molecule has 0 radical (unpaired) electrons. The summed E-state index contributed by atoms with van der Waals surface area (Å²) in [6.45, 7) is 4.11. The Morgan fingerprint density at radius 2 is 1.36 bits per heavy atom. The van der Waals surface area contributed by atoms with Crippen molar-refractivity contribution in [1.82, 2.24) is 0 Å². The minimum absolute atomic E-state index is 1.15. The van der Waals surface area contributed by atoms with Gasteiger partial charge in [-0.1, -0.05) is 24.3 Å². The molecule has 0 saturated heterocycles. The van der Waals surface area contributed by atoms with Crippen LogP contribution >= 0.6 is 30.6 Å². The zero-order chi connectivity index (χ0) is 8.74. The van der Waals surface area contributed by atoms with Gasteiger partial charge in [0.05, 0.1) is 0 Å². The molecular formula is C8H14Br2Si. The van der Waals surface area contributed by atoms with Crippen molar-refractivity contribution in [2.75, 3.05) is 0 Å². The molecule has 64 valence electrons. The van der Waals surface area contributed by atoms with Gasteiger partial charge in [0.1, 0.15) is 0 Å². The lowest BCUT2D eigenvalue weighted by Gasteiger charge is -2.11. The maximum atomic E-state index is 3.74. The fraction of sp³-hybridized carbons (Fsp3) is 0.500. The lowest BCUT2D eigenvalue weighted by Crippen LogP contribution is -2.13. The van der Waals surface area contributed by atoms with Gasteiger partial charge in [-0.15, -0.1) is 30.6 Å². The first kappa shape index (κ1) is 11.7. The molecule has 0 saturated carbocycles. The van der Waals surface area contributed by atoms with E-state index in [2.05, 4.69) is 68.7 Å². The van der Waals surface area contributed by atoms with Crippen molar-refractivity contribution in [3.63, 3.8) is 0 Å². The highest BCUT2D eigenvalue weighted by molar-refractivity contribution is 9.51. The van der Waals surface area contributed by atoms with Crippen molar-refractivity contribution in [2.24, 2.45) is 0 Å². The first-order valence-corrected chi connectivity index (χ1v) is 10.7. The molecule has 0 aromatic carbocycles. The fourth-order valence-electron chi connectivity index (χ4n) is 0.664. The molecule has 0 aromatic rings. The van der Waals surface area contributed by atoms with Crippen molar-refractivity contribution in [2.45, 2.75) is 25.9 Å². The van der Waals surface area contributed by atoms with E-state index in [1.54, 1.807) is 0 Å². The zero-order valence-corrected chi connectivity index (χ0v) is 11.2. The van der Waals surface area contributed by atoms with E-state index in [9.17, 15) is 0 Å². The second-order valence-electron chi connectivity index (χ2n) is 2.40. The van der Waals surface area contributed by atoms with Crippen LogP contribution in [0.4, 0.5) is 0 Å². The maximum Gasteiger partial charge on any atom is 0.208 e. The molecule has 0 N–H and O–H groups in total. The van der Waals surface area contributed by atoms with Crippen LogP contribution < -0.4 is 0 Å². The van der Waals surface area contributed by atoms with Gasteiger partial charge in [0, 0.05) is 0 Å². The second kappa shape index (κ2) is 6.20. The first-order valence-electron chi connectivity index (χ1n) is 3.72. The van der Waals surface area contributed by atoms with Gasteiger partial charge >= 0.3 is 0 Å². The topological polar surface area (TPSA) is 0 Å². The van der Waals surface area contributed by atoms with Crippen molar-refractivity contribution >= 4 is 35.9 Å². The van der Waals surface area contributed by atoms with Crippen LogP contribution in [-0.4, -0.2) is 5.31 Å². The fourth-order valence-corrected chi connectivity index (χ4v) is 4.23. The molecule has 0 fully saturated rings. The van der Waals surface area contributed by atoms with E-state index in [0.717, 1.165) is 12.1 Å². The van der Waals surface area contributed by atoms with E-state index >= 15 is 0 Å². The van der Waals surface area contributed by atoms with Crippen LogP contribution in [-0.2, 0) is 0 Å². The van der Waals surface area contributed by atoms with E-state index in [1.807, 2.05) is 0 Å². The Hall–Kier alpha value is 0.657. The lowest BCUT2D eigenvalue weighted by atomic mass is 10.6. The SMILES string of the molecule is C/C=C/C[Si](Br)(Br)C/C=C/C. The summed E-state index contributed by atoms with van der Waals surface area (Å²) in [6, 6.07) is 2.29. The van der Waals surface area contributed by atoms with Crippen molar-refractivity contribution in [1.29, 1.82) is 0 Å². The molecule has 0 aliphatic carbocycles. The first-order chi connectivity index (χ1) is 5.12. The third-order valence-electron chi connectivity index (χ3n) is 1.30. The van der Waals surface area contributed by atoms with Gasteiger partial charge in [-0.05, 0) is 25.9 Å². The van der Waals surface area contributed by atoms with Crippen LogP contribution in [0.3, 0.4) is 0 Å². The van der Waals surface area contributed by atoms with E-state index in [4.69, 9.17) is 0 Å². The van der Waals surface area contributed by atoms with Gasteiger partial charge in [-0.2, -0.15) is 0 Å². The van der Waals surface area contributed by atoms with E-state index in [1.165, 1.54) is 0 Å². The Kier molecular flexibility index (Phi) is 6.57. The summed E-state index contributed by atoms with van der Waals surface area (Å²) in [4.78, 5) is 0. The molecule has 0 spiro atoms. The van der Waals surface area contributed by atoms with Crippen LogP contribution in [0.25, 0.3) is 0 Å². The summed E-state index contributed by atoms with van der Waals surface area (Å²) in [6.07, 6.45) is 8.61. The Bertz CT molecular complexity index is 134. The van der Waals surface area contributed by atoms with Gasteiger partial charge < -0.3 is 0 Å². The second-order valence-corrected chi connectivity index (χ2v) is 17.2. The summed E-state index contributed by atoms with van der Waals surface area (Å²) < 4.78 is 0. The molecule has 0 aliphatic heterocycles. The Balaban J connectivity index is 3.78. The van der Waals surface area contributed by atoms with Gasteiger partial charge in [0.2, 0.25) is 5.31 Å². The molecule has 0 bridgehead atoms. The number of hydrogen-bond donors (Lipinski definition) is 0. The molecule has 0 atom stereocenters. The van der Waals surface area contributed by atoms with Crippen molar-refractivity contribution in [3.8, 4) is 0 Å². The summed E-state index contributed by atoms with van der Waals surface area (Å²) in [5, 5.41) is -1.29. The minimum Gasteiger partial charge on any atom is -0.110 e. The largest absolute Gasteiger partial charge is 0.208 e. The average Bonchev–Trinajstić information content (AvgIpc) is 1.97. The molecule has 0 unspecified atom stereocenters. The zero-order valence-electron chi connectivity index (χ0n) is 6.98. The smallest absolute Gasteiger partial charge is 0.110 e. The quantitative estimate of drug-likeness (QED) is 0.411. The normalized spacial score (nSPS) is 13.5. The molecule has 0 amide bonds. The van der Waals surface area contributed by atoms with Gasteiger partial charge in [-0.3, -0.25) is 0 Å². The summed E-state index contributed by atoms with van der Waals surface area (Å²) >= 11 is 7.47. The standard InChI is InChI=1S/C8H14Br2Si/c1-3-5-7-11(9,10)8-6-4-2/h3-6H,7-8H2,1-2H3/b5-3+,6-4+. The molecule has 0 aliphatic rings. The highest BCUT2D eigenvalue weighted by Gasteiger charge is 2.22. The molecular weight excluding hydrogens is 284 g/mol. The van der Waals surface area contributed by atoms with E-state index in [0.29, 0.717) is 0 Å². The van der Waals surface area contributed by atoms with Gasteiger partial charge in [0.15, 0.2) is 0 Å². The van der Waals surface area contributed by atoms with Gasteiger partial charge in [0.25, 0.3) is 0 Å². The number of rotatable bonds is 4. The average molecular weight is 298 g/mol. The molecule has 11 heavy (non-hydrogen) atoms. The Labute approximate surface area is 85.9 Å². The van der Waals surface area contributed by atoms with E-state index < -0.39 is 5.31 Å². The predicted molar refractivity (Wildman–Crippen MR) is 62.9 cm³/mol. The van der Waals surface area contributed by atoms with Crippen LogP contribution in [0.15, 0.2) is 24.3 Å². The molecule has 0 heterocycles. The van der Waals surface area contributed by atoms with Crippen molar-refractivity contribution in [3.05, 3.63) is 24.3 Å². The highest BCUT2D eigenvalue weighted by atomic mass is 79.9. The predicted octanol–water partition coefficient (Wildman–Crippen LogP) is 4.37. The maximum absolute atomic E-state index is 3.74. The highest BCUT2D eigenvalue weighted by Crippen LogP contribution is 2.30. The number of halogens is 2. The molecule has 3 heteroatoms. The Morgan fingerprint density at radius 3 is 1.64 bits per heavy atom. The summed E-state index contributed by atoms with van der Waals surface area (Å²) in [5.74, 6) is 0. The summed E-state index contributed by atoms with van der Waals surface area (Å²) in [5.41, 5.74) is 0. The van der Waals surface area contributed by atoms with Crippen LogP contribution in [0.1, 0.15) is 13.8 Å². The summed E-state index contributed by atoms with van der Waals surface area (Å²) in [7, 11) is 0. The molecule has 0 aromatic heterocycles.